The lowest BCUT2D eigenvalue weighted by atomic mass is 10.0. The number of fused-ring (bicyclic) bond motifs is 2. The van der Waals surface area contributed by atoms with Gasteiger partial charge in [-0.05, 0) is 60.9 Å². The summed E-state index contributed by atoms with van der Waals surface area (Å²) in [4.78, 5) is 25.9. The number of carbonyl (C=O) groups is 2. The van der Waals surface area contributed by atoms with Gasteiger partial charge in [-0.2, -0.15) is 0 Å². The van der Waals surface area contributed by atoms with Gasteiger partial charge in [-0.1, -0.05) is 12.1 Å². The molecule has 0 aliphatic carbocycles. The molecule has 3 aromatic rings. The van der Waals surface area contributed by atoms with E-state index in [0.29, 0.717) is 5.75 Å². The van der Waals surface area contributed by atoms with Crippen LogP contribution in [-0.2, 0) is 9.84 Å². The summed E-state index contributed by atoms with van der Waals surface area (Å²) in [6.45, 7) is 0. The predicted octanol–water partition coefficient (Wildman–Crippen LogP) is 4.00. The summed E-state index contributed by atoms with van der Waals surface area (Å²) in [6.07, 6.45) is 1.94. The SMILES string of the molecule is CSc1ccc(OC(=O)c2ccc3c(c2)S(=O)(=O)c2ccccc2C3=O)cc1. The van der Waals surface area contributed by atoms with E-state index in [1.807, 2.05) is 18.4 Å². The number of rotatable bonds is 3. The van der Waals surface area contributed by atoms with Gasteiger partial charge in [0.25, 0.3) is 0 Å². The molecule has 0 N–H and O–H groups in total. The minimum absolute atomic E-state index is 0.0503. The predicted molar refractivity (Wildman–Crippen MR) is 105 cm³/mol. The molecule has 0 atom stereocenters. The third kappa shape index (κ3) is 3.02. The second kappa shape index (κ2) is 6.92. The maximum atomic E-state index is 12.9. The highest BCUT2D eigenvalue weighted by molar-refractivity contribution is 7.98. The van der Waals surface area contributed by atoms with Gasteiger partial charge in [0.15, 0.2) is 5.78 Å². The van der Waals surface area contributed by atoms with Crippen molar-refractivity contribution in [2.75, 3.05) is 6.26 Å². The number of esters is 1. The fourth-order valence-corrected chi connectivity index (χ4v) is 5.11. The van der Waals surface area contributed by atoms with Crippen molar-refractivity contribution < 1.29 is 22.7 Å². The van der Waals surface area contributed by atoms with Gasteiger partial charge in [0.2, 0.25) is 9.84 Å². The zero-order chi connectivity index (χ0) is 19.9. The molecule has 4 rings (SSSR count). The molecule has 28 heavy (non-hydrogen) atoms. The van der Waals surface area contributed by atoms with E-state index in [1.54, 1.807) is 36.0 Å². The Kier molecular flexibility index (Phi) is 4.56. The average molecular weight is 410 g/mol. The normalized spacial score (nSPS) is 14.1. The molecule has 0 spiro atoms. The lowest BCUT2D eigenvalue weighted by Gasteiger charge is -2.19. The number of carbonyl (C=O) groups excluding carboxylic acids is 2. The maximum absolute atomic E-state index is 12.9. The molecule has 0 unspecified atom stereocenters. The molecule has 1 heterocycles. The van der Waals surface area contributed by atoms with Gasteiger partial charge in [0.1, 0.15) is 5.75 Å². The lowest BCUT2D eigenvalue weighted by Crippen LogP contribution is -2.21. The van der Waals surface area contributed by atoms with E-state index in [4.69, 9.17) is 4.74 Å². The Balaban J connectivity index is 1.71. The summed E-state index contributed by atoms with van der Waals surface area (Å²) in [6, 6.07) is 17.0. The lowest BCUT2D eigenvalue weighted by molar-refractivity contribution is 0.0734. The summed E-state index contributed by atoms with van der Waals surface area (Å²) in [7, 11) is -3.90. The van der Waals surface area contributed by atoms with E-state index >= 15 is 0 Å². The first-order valence-corrected chi connectivity index (χ1v) is 11.0. The maximum Gasteiger partial charge on any atom is 0.343 e. The number of hydrogen-bond donors (Lipinski definition) is 0. The Labute approximate surface area is 166 Å². The van der Waals surface area contributed by atoms with Crippen molar-refractivity contribution in [3.05, 3.63) is 83.4 Å². The van der Waals surface area contributed by atoms with E-state index < -0.39 is 15.8 Å². The minimum Gasteiger partial charge on any atom is -0.423 e. The van der Waals surface area contributed by atoms with Gasteiger partial charge in [0, 0.05) is 16.0 Å². The van der Waals surface area contributed by atoms with Crippen LogP contribution in [0.3, 0.4) is 0 Å². The molecule has 3 aromatic carbocycles. The number of ether oxygens (including phenoxy) is 1. The summed E-state index contributed by atoms with van der Waals surface area (Å²) in [5.41, 5.74) is 0.252. The van der Waals surface area contributed by atoms with Gasteiger partial charge < -0.3 is 4.74 Å². The van der Waals surface area contributed by atoms with Crippen molar-refractivity contribution in [1.82, 2.24) is 0 Å². The Morgan fingerprint density at radius 2 is 1.57 bits per heavy atom. The zero-order valence-corrected chi connectivity index (χ0v) is 16.3. The molecule has 0 bridgehead atoms. The number of sulfone groups is 1. The molecule has 7 heteroatoms. The number of ketones is 1. The number of hydrogen-bond acceptors (Lipinski definition) is 6. The summed E-state index contributed by atoms with van der Waals surface area (Å²) in [5, 5.41) is 0. The Bertz CT molecular complexity index is 1210. The van der Waals surface area contributed by atoms with Crippen LogP contribution >= 0.6 is 11.8 Å². The summed E-state index contributed by atoms with van der Waals surface area (Å²) >= 11 is 1.56. The Hall–Kier alpha value is -2.90. The number of thioether (sulfide) groups is 1. The first-order chi connectivity index (χ1) is 13.4. The average Bonchev–Trinajstić information content (AvgIpc) is 2.72. The molecule has 1 aliphatic rings. The van der Waals surface area contributed by atoms with Crippen molar-refractivity contribution in [3.63, 3.8) is 0 Å². The monoisotopic (exact) mass is 410 g/mol. The topological polar surface area (TPSA) is 77.5 Å². The second-order valence-electron chi connectivity index (χ2n) is 6.10. The van der Waals surface area contributed by atoms with E-state index in [-0.39, 0.29) is 32.3 Å². The third-order valence-corrected chi connectivity index (χ3v) is 7.04. The first kappa shape index (κ1) is 18.5. The fraction of sp³-hybridized carbons (Fsp3) is 0.0476. The Morgan fingerprint density at radius 3 is 2.29 bits per heavy atom. The van der Waals surface area contributed by atoms with Crippen LogP contribution in [0.4, 0.5) is 0 Å². The van der Waals surface area contributed by atoms with Gasteiger partial charge in [0.05, 0.1) is 15.4 Å². The van der Waals surface area contributed by atoms with Crippen LogP contribution in [0.25, 0.3) is 0 Å². The highest BCUT2D eigenvalue weighted by atomic mass is 32.2. The fourth-order valence-electron chi connectivity index (χ4n) is 3.02. The molecule has 0 saturated heterocycles. The second-order valence-corrected chi connectivity index (χ2v) is 8.87. The summed E-state index contributed by atoms with van der Waals surface area (Å²) in [5.74, 6) is -0.723. The molecular formula is C21H14O5S2. The van der Waals surface area contributed by atoms with Crippen LogP contribution in [0.5, 0.6) is 5.75 Å². The van der Waals surface area contributed by atoms with Crippen LogP contribution < -0.4 is 4.74 Å². The van der Waals surface area contributed by atoms with Crippen molar-refractivity contribution in [1.29, 1.82) is 0 Å². The van der Waals surface area contributed by atoms with Crippen LogP contribution in [0.15, 0.2) is 81.4 Å². The minimum atomic E-state index is -3.90. The van der Waals surface area contributed by atoms with E-state index in [0.717, 1.165) is 4.90 Å². The molecule has 0 saturated carbocycles. The van der Waals surface area contributed by atoms with Gasteiger partial charge in [-0.15, -0.1) is 11.8 Å². The molecule has 0 radical (unpaired) electrons. The molecular weight excluding hydrogens is 396 g/mol. The van der Waals surface area contributed by atoms with E-state index in [1.165, 1.54) is 30.3 Å². The van der Waals surface area contributed by atoms with Crippen LogP contribution in [0, 0.1) is 0 Å². The highest BCUT2D eigenvalue weighted by Crippen LogP contribution is 2.35. The molecule has 0 aromatic heterocycles. The van der Waals surface area contributed by atoms with Crippen molar-refractivity contribution in [3.8, 4) is 5.75 Å². The number of benzene rings is 3. The largest absolute Gasteiger partial charge is 0.423 e. The van der Waals surface area contributed by atoms with E-state index in [2.05, 4.69) is 0 Å². The van der Waals surface area contributed by atoms with Gasteiger partial charge in [-0.3, -0.25) is 4.79 Å². The van der Waals surface area contributed by atoms with Crippen molar-refractivity contribution >= 4 is 33.4 Å². The third-order valence-electron chi connectivity index (χ3n) is 4.44. The van der Waals surface area contributed by atoms with Crippen LogP contribution in [0.2, 0.25) is 0 Å². The van der Waals surface area contributed by atoms with E-state index in [9.17, 15) is 18.0 Å². The molecule has 0 amide bonds. The molecule has 140 valence electrons. The molecule has 1 aliphatic heterocycles. The van der Waals surface area contributed by atoms with Crippen molar-refractivity contribution in [2.45, 2.75) is 14.7 Å². The smallest absolute Gasteiger partial charge is 0.343 e. The van der Waals surface area contributed by atoms with Gasteiger partial charge in [-0.25, -0.2) is 13.2 Å². The first-order valence-electron chi connectivity index (χ1n) is 8.31. The molecule has 5 nitrogen and oxygen atoms in total. The van der Waals surface area contributed by atoms with Crippen molar-refractivity contribution in [2.24, 2.45) is 0 Å². The summed E-state index contributed by atoms with van der Waals surface area (Å²) < 4.78 is 31.2. The van der Waals surface area contributed by atoms with Crippen LogP contribution in [-0.4, -0.2) is 26.4 Å². The van der Waals surface area contributed by atoms with Gasteiger partial charge >= 0.3 is 5.97 Å². The standard InChI is InChI=1S/C21H14O5S2/c1-27-15-9-7-14(8-10-15)26-21(23)13-6-11-17-19(12-13)28(24,25)18-5-3-2-4-16(18)20(17)22/h2-12H,1H3. The van der Waals surface area contributed by atoms with Crippen LogP contribution in [0.1, 0.15) is 26.3 Å². The zero-order valence-electron chi connectivity index (χ0n) is 14.7. The quantitative estimate of drug-likeness (QED) is 0.289. The highest BCUT2D eigenvalue weighted by Gasteiger charge is 2.35. The Morgan fingerprint density at radius 1 is 0.893 bits per heavy atom. The molecule has 0 fully saturated rings.